The van der Waals surface area contributed by atoms with E-state index in [9.17, 15) is 15.0 Å². The number of hydrogen-bond donors (Lipinski definition) is 2. The van der Waals surface area contributed by atoms with E-state index in [1.165, 1.54) is 0 Å². The molecule has 4 aromatic carbocycles. The summed E-state index contributed by atoms with van der Waals surface area (Å²) < 4.78 is 0. The highest BCUT2D eigenvalue weighted by molar-refractivity contribution is 6.01. The molecule has 0 amide bonds. The quantitative estimate of drug-likeness (QED) is 0.509. The first-order valence-electron chi connectivity index (χ1n) is 9.79. The highest BCUT2D eigenvalue weighted by atomic mass is 16.3. The highest BCUT2D eigenvalue weighted by Gasteiger charge is 2.52. The fraction of sp³-hybridized carbons (Fsp3) is 0.0741. The van der Waals surface area contributed by atoms with Gasteiger partial charge in [-0.05, 0) is 22.3 Å². The molecule has 4 aromatic rings. The predicted molar refractivity (Wildman–Crippen MR) is 117 cm³/mol. The van der Waals surface area contributed by atoms with Gasteiger partial charge in [0.2, 0.25) is 5.78 Å². The van der Waals surface area contributed by atoms with Crippen LogP contribution in [0.1, 0.15) is 22.3 Å². The van der Waals surface area contributed by atoms with Crippen LogP contribution in [0.2, 0.25) is 0 Å². The number of Topliss-reactive ketones (excluding diaryl/α,β-unsaturated/α-hetero) is 1. The van der Waals surface area contributed by atoms with Crippen LogP contribution in [-0.4, -0.2) is 16.0 Å². The Labute approximate surface area is 175 Å². The van der Waals surface area contributed by atoms with Crippen LogP contribution in [-0.2, 0) is 16.0 Å². The van der Waals surface area contributed by atoms with Crippen molar-refractivity contribution in [3.8, 4) is 0 Å². The first-order chi connectivity index (χ1) is 14.6. The van der Waals surface area contributed by atoms with Gasteiger partial charge >= 0.3 is 0 Å². The van der Waals surface area contributed by atoms with E-state index < -0.39 is 17.0 Å². The van der Waals surface area contributed by atoms with Crippen LogP contribution in [0.4, 0.5) is 0 Å². The Balaban J connectivity index is 1.99. The number of carbonyl (C=O) groups is 1. The zero-order valence-corrected chi connectivity index (χ0v) is 16.3. The summed E-state index contributed by atoms with van der Waals surface area (Å²) in [6, 6.07) is 35.0. The molecule has 0 aliphatic heterocycles. The average Bonchev–Trinajstić information content (AvgIpc) is 2.84. The first kappa shape index (κ1) is 19.8. The maximum atomic E-state index is 14.2. The van der Waals surface area contributed by atoms with E-state index in [4.69, 9.17) is 0 Å². The normalized spacial score (nSPS) is 11.8. The summed E-state index contributed by atoms with van der Waals surface area (Å²) in [6.07, 6.45) is 0. The van der Waals surface area contributed by atoms with Crippen molar-refractivity contribution in [1.82, 2.24) is 0 Å². The van der Waals surface area contributed by atoms with Gasteiger partial charge in [0, 0.05) is 0 Å². The molecule has 4 rings (SSSR count). The molecule has 2 N–H and O–H groups in total. The minimum atomic E-state index is -2.05. The number of benzene rings is 4. The predicted octanol–water partition coefficient (Wildman–Crippen LogP) is 4.43. The van der Waals surface area contributed by atoms with Crippen molar-refractivity contribution < 1.29 is 15.0 Å². The molecule has 0 aromatic heterocycles. The molecule has 0 fully saturated rings. The second-order valence-electron chi connectivity index (χ2n) is 7.21. The minimum absolute atomic E-state index is 0.395. The van der Waals surface area contributed by atoms with Crippen LogP contribution < -0.4 is 0 Å². The van der Waals surface area contributed by atoms with Crippen LogP contribution in [0, 0.1) is 0 Å². The number of rotatable bonds is 6. The first-order valence-corrected chi connectivity index (χ1v) is 9.79. The van der Waals surface area contributed by atoms with Crippen molar-refractivity contribution in [2.45, 2.75) is 11.2 Å². The molecule has 0 spiro atoms. The standard InChI is InChI=1S/C27H22O3/c28-25(26(29,21-13-5-1-6-14-21)22-15-7-2-8-16-22)27(30,23-17-9-3-10-18-23)24-19-11-4-12-20-24/h1-20,29-30H. The minimum Gasteiger partial charge on any atom is -0.373 e. The molecule has 0 aliphatic rings. The maximum Gasteiger partial charge on any atom is 0.214 e. The van der Waals surface area contributed by atoms with Crippen LogP contribution in [0.25, 0.3) is 0 Å². The molecule has 0 heterocycles. The van der Waals surface area contributed by atoms with Gasteiger partial charge in [-0.3, -0.25) is 4.79 Å². The van der Waals surface area contributed by atoms with Gasteiger partial charge in [0.15, 0.2) is 11.2 Å². The lowest BCUT2D eigenvalue weighted by molar-refractivity contribution is -0.151. The summed E-state index contributed by atoms with van der Waals surface area (Å²) in [5.41, 5.74) is -2.53. The molecule has 30 heavy (non-hydrogen) atoms. The summed E-state index contributed by atoms with van der Waals surface area (Å²) in [4.78, 5) is 14.2. The molecular weight excluding hydrogens is 372 g/mol. The summed E-state index contributed by atoms with van der Waals surface area (Å²) in [6.45, 7) is 0. The molecule has 0 saturated carbocycles. The van der Waals surface area contributed by atoms with E-state index in [1.807, 2.05) is 24.3 Å². The molecule has 0 bridgehead atoms. The lowest BCUT2D eigenvalue weighted by atomic mass is 9.71. The Bertz CT molecular complexity index is 938. The Morgan fingerprint density at radius 2 is 0.633 bits per heavy atom. The van der Waals surface area contributed by atoms with E-state index in [-0.39, 0.29) is 0 Å². The second-order valence-corrected chi connectivity index (χ2v) is 7.21. The Kier molecular flexibility index (Phi) is 5.32. The van der Waals surface area contributed by atoms with Crippen LogP contribution >= 0.6 is 0 Å². The van der Waals surface area contributed by atoms with Crippen molar-refractivity contribution in [3.63, 3.8) is 0 Å². The van der Waals surface area contributed by atoms with Gasteiger partial charge < -0.3 is 10.2 Å². The Hall–Kier alpha value is -3.53. The number of hydrogen-bond acceptors (Lipinski definition) is 3. The van der Waals surface area contributed by atoms with E-state index in [0.29, 0.717) is 22.3 Å². The van der Waals surface area contributed by atoms with Gasteiger partial charge in [0.25, 0.3) is 0 Å². The van der Waals surface area contributed by atoms with Gasteiger partial charge in [-0.2, -0.15) is 0 Å². The van der Waals surface area contributed by atoms with E-state index in [2.05, 4.69) is 0 Å². The van der Waals surface area contributed by atoms with E-state index >= 15 is 0 Å². The number of ketones is 1. The van der Waals surface area contributed by atoms with Crippen LogP contribution in [0.15, 0.2) is 121 Å². The molecular formula is C27H22O3. The smallest absolute Gasteiger partial charge is 0.214 e. The zero-order valence-electron chi connectivity index (χ0n) is 16.3. The monoisotopic (exact) mass is 394 g/mol. The number of carbonyl (C=O) groups excluding carboxylic acids is 1. The fourth-order valence-corrected chi connectivity index (χ4v) is 3.84. The van der Waals surface area contributed by atoms with Crippen LogP contribution in [0.5, 0.6) is 0 Å². The van der Waals surface area contributed by atoms with Gasteiger partial charge in [0.05, 0.1) is 0 Å². The molecule has 0 saturated heterocycles. The molecule has 3 heteroatoms. The van der Waals surface area contributed by atoms with E-state index in [0.717, 1.165) is 0 Å². The van der Waals surface area contributed by atoms with Crippen molar-refractivity contribution in [3.05, 3.63) is 144 Å². The van der Waals surface area contributed by atoms with E-state index in [1.54, 1.807) is 97.1 Å². The van der Waals surface area contributed by atoms with Crippen molar-refractivity contribution in [1.29, 1.82) is 0 Å². The summed E-state index contributed by atoms with van der Waals surface area (Å²) in [5.74, 6) is -0.732. The van der Waals surface area contributed by atoms with Crippen LogP contribution in [0.3, 0.4) is 0 Å². The second kappa shape index (κ2) is 8.07. The van der Waals surface area contributed by atoms with Crippen molar-refractivity contribution in [2.75, 3.05) is 0 Å². The summed E-state index contributed by atoms with van der Waals surface area (Å²) in [7, 11) is 0. The third-order valence-corrected chi connectivity index (χ3v) is 5.42. The lowest BCUT2D eigenvalue weighted by Crippen LogP contribution is -2.50. The molecule has 0 aliphatic carbocycles. The molecule has 0 radical (unpaired) electrons. The lowest BCUT2D eigenvalue weighted by Gasteiger charge is -2.37. The topological polar surface area (TPSA) is 57.5 Å². The molecule has 148 valence electrons. The SMILES string of the molecule is O=C(C(O)(c1ccccc1)c1ccccc1)C(O)(c1ccccc1)c1ccccc1. The number of aliphatic hydroxyl groups is 2. The third kappa shape index (κ3) is 3.24. The zero-order chi connectivity index (χ0) is 21.0. The van der Waals surface area contributed by atoms with Crippen molar-refractivity contribution >= 4 is 5.78 Å². The Morgan fingerprint density at radius 3 is 0.833 bits per heavy atom. The average molecular weight is 394 g/mol. The molecule has 3 nitrogen and oxygen atoms in total. The molecule has 0 atom stereocenters. The largest absolute Gasteiger partial charge is 0.373 e. The Morgan fingerprint density at radius 1 is 0.433 bits per heavy atom. The summed E-state index contributed by atoms with van der Waals surface area (Å²) >= 11 is 0. The summed E-state index contributed by atoms with van der Waals surface area (Å²) in [5, 5.41) is 23.9. The molecule has 0 unspecified atom stereocenters. The van der Waals surface area contributed by atoms with Gasteiger partial charge in [0.1, 0.15) is 0 Å². The third-order valence-electron chi connectivity index (χ3n) is 5.42. The highest BCUT2D eigenvalue weighted by Crippen LogP contribution is 2.41. The van der Waals surface area contributed by atoms with Gasteiger partial charge in [-0.25, -0.2) is 0 Å². The maximum absolute atomic E-state index is 14.2. The van der Waals surface area contributed by atoms with Gasteiger partial charge in [-0.1, -0.05) is 121 Å². The van der Waals surface area contributed by atoms with Crippen molar-refractivity contribution in [2.24, 2.45) is 0 Å². The fourth-order valence-electron chi connectivity index (χ4n) is 3.84. The van der Waals surface area contributed by atoms with Gasteiger partial charge in [-0.15, -0.1) is 0 Å².